The van der Waals surface area contributed by atoms with Gasteiger partial charge in [0.25, 0.3) is 0 Å². The number of ether oxygens (including phenoxy) is 2. The maximum atomic E-state index is 12.3. The van der Waals surface area contributed by atoms with E-state index in [9.17, 15) is 9.59 Å². The van der Waals surface area contributed by atoms with E-state index >= 15 is 0 Å². The summed E-state index contributed by atoms with van der Waals surface area (Å²) in [5, 5.41) is 10.4. The molecular weight excluding hydrogens is 336 g/mol. The van der Waals surface area contributed by atoms with Gasteiger partial charge in [-0.05, 0) is 44.9 Å². The Morgan fingerprint density at radius 3 is 2.62 bits per heavy atom. The molecule has 2 aromatic rings. The summed E-state index contributed by atoms with van der Waals surface area (Å²) in [7, 11) is 0. The number of aromatic nitrogens is 3. The Labute approximate surface area is 151 Å². The average molecular weight is 358 g/mol. The van der Waals surface area contributed by atoms with Gasteiger partial charge in [-0.25, -0.2) is 9.59 Å². The van der Waals surface area contributed by atoms with Crippen LogP contribution in [0.5, 0.6) is 0 Å². The molecule has 0 atom stereocenters. The summed E-state index contributed by atoms with van der Waals surface area (Å²) in [4.78, 5) is 25.9. The highest BCUT2D eigenvalue weighted by Gasteiger charge is 2.28. The molecule has 26 heavy (non-hydrogen) atoms. The molecule has 3 rings (SSSR count). The minimum atomic E-state index is -0.535. The lowest BCUT2D eigenvalue weighted by molar-refractivity contribution is 0.0241. The van der Waals surface area contributed by atoms with Gasteiger partial charge < -0.3 is 9.47 Å². The van der Waals surface area contributed by atoms with Gasteiger partial charge in [-0.15, -0.1) is 5.10 Å². The van der Waals surface area contributed by atoms with Crippen molar-refractivity contribution in [1.82, 2.24) is 20.3 Å². The van der Waals surface area contributed by atoms with Crippen molar-refractivity contribution in [3.05, 3.63) is 35.0 Å². The van der Waals surface area contributed by atoms with Gasteiger partial charge in [0.15, 0.2) is 5.69 Å². The van der Waals surface area contributed by atoms with Gasteiger partial charge in [-0.3, -0.25) is 4.90 Å². The van der Waals surface area contributed by atoms with Crippen molar-refractivity contribution in [1.29, 1.82) is 0 Å². The number of amides is 1. The Morgan fingerprint density at radius 1 is 1.19 bits per heavy atom. The lowest BCUT2D eigenvalue weighted by Gasteiger charge is -2.24. The van der Waals surface area contributed by atoms with E-state index in [0.29, 0.717) is 18.8 Å². The summed E-state index contributed by atoms with van der Waals surface area (Å²) in [5.74, 6) is -0.521. The van der Waals surface area contributed by atoms with Crippen LogP contribution < -0.4 is 0 Å². The molecular formula is C18H22N4O4. The van der Waals surface area contributed by atoms with Crippen molar-refractivity contribution < 1.29 is 19.1 Å². The highest BCUT2D eigenvalue weighted by atomic mass is 16.6. The number of carbonyl (C=O) groups excluding carboxylic acids is 2. The van der Waals surface area contributed by atoms with E-state index in [4.69, 9.17) is 9.47 Å². The van der Waals surface area contributed by atoms with Crippen LogP contribution in [-0.2, 0) is 22.6 Å². The molecule has 0 saturated carbocycles. The smallest absolute Gasteiger partial charge is 0.410 e. The number of aromatic amines is 1. The third kappa shape index (κ3) is 3.68. The molecule has 1 aliphatic rings. The van der Waals surface area contributed by atoms with Crippen LogP contribution in [0.15, 0.2) is 18.2 Å². The zero-order chi connectivity index (χ0) is 18.9. The summed E-state index contributed by atoms with van der Waals surface area (Å²) in [6, 6.07) is 5.71. The molecule has 8 heteroatoms. The third-order valence-electron chi connectivity index (χ3n) is 3.87. The number of hydrogen-bond acceptors (Lipinski definition) is 6. The topological polar surface area (TPSA) is 97.4 Å². The highest BCUT2D eigenvalue weighted by Crippen LogP contribution is 2.29. The first-order valence-electron chi connectivity index (χ1n) is 8.46. The predicted molar refractivity (Wildman–Crippen MR) is 93.3 cm³/mol. The Bertz CT molecular complexity index is 838. The van der Waals surface area contributed by atoms with E-state index in [-0.39, 0.29) is 18.4 Å². The molecule has 0 radical (unpaired) electrons. The minimum Gasteiger partial charge on any atom is -0.461 e. The molecule has 0 bridgehead atoms. The van der Waals surface area contributed by atoms with Crippen LogP contribution in [0.4, 0.5) is 4.79 Å². The molecule has 1 N–H and O–H groups in total. The molecule has 8 nitrogen and oxygen atoms in total. The number of nitrogens with zero attached hydrogens (tertiary/aromatic N) is 3. The number of carbonyl (C=O) groups is 2. The van der Waals surface area contributed by atoms with Gasteiger partial charge in [0, 0.05) is 18.7 Å². The maximum Gasteiger partial charge on any atom is 0.410 e. The van der Waals surface area contributed by atoms with Gasteiger partial charge in [0.05, 0.1) is 6.61 Å². The van der Waals surface area contributed by atoms with Crippen LogP contribution in [0.3, 0.4) is 0 Å². The number of fused-ring (bicyclic) bond motifs is 1. The fourth-order valence-electron chi connectivity index (χ4n) is 2.77. The number of rotatable bonds is 3. The molecule has 1 aromatic carbocycles. The van der Waals surface area contributed by atoms with Crippen LogP contribution in [0.2, 0.25) is 0 Å². The van der Waals surface area contributed by atoms with Gasteiger partial charge in [0.2, 0.25) is 0 Å². The number of nitrogens with one attached hydrogen (secondary N) is 1. The standard InChI is InChI=1S/C18H22N4O4/c1-5-25-16(23)15-14(19-21-20-15)11-6-7-12-9-22(10-13(12)8-11)17(24)26-18(2,3)4/h6-8H,5,9-10H2,1-4H3,(H,19,20,21). The van der Waals surface area contributed by atoms with Crippen LogP contribution in [-0.4, -0.2) is 44.6 Å². The zero-order valence-corrected chi connectivity index (χ0v) is 15.3. The number of hydrogen-bond donors (Lipinski definition) is 1. The second-order valence-electron chi connectivity index (χ2n) is 7.06. The van der Waals surface area contributed by atoms with Crippen molar-refractivity contribution in [2.24, 2.45) is 0 Å². The fourth-order valence-corrected chi connectivity index (χ4v) is 2.77. The van der Waals surface area contributed by atoms with E-state index in [1.165, 1.54) is 0 Å². The molecule has 0 fully saturated rings. The second kappa shape index (κ2) is 6.78. The van der Waals surface area contributed by atoms with Crippen LogP contribution in [0.1, 0.15) is 49.3 Å². The molecule has 0 spiro atoms. The van der Waals surface area contributed by atoms with Crippen molar-refractivity contribution in [3.63, 3.8) is 0 Å². The molecule has 1 amide bonds. The van der Waals surface area contributed by atoms with E-state index in [1.807, 2.05) is 39.0 Å². The molecule has 0 aliphatic carbocycles. The predicted octanol–water partition coefficient (Wildman–Crippen LogP) is 2.90. The Morgan fingerprint density at radius 2 is 1.92 bits per heavy atom. The monoisotopic (exact) mass is 358 g/mol. The van der Waals surface area contributed by atoms with Gasteiger partial charge in [-0.2, -0.15) is 10.3 Å². The first kappa shape index (κ1) is 17.9. The van der Waals surface area contributed by atoms with E-state index in [0.717, 1.165) is 16.7 Å². The molecule has 1 aliphatic heterocycles. The van der Waals surface area contributed by atoms with Crippen molar-refractivity contribution >= 4 is 12.1 Å². The Balaban J connectivity index is 1.81. The van der Waals surface area contributed by atoms with E-state index < -0.39 is 11.6 Å². The third-order valence-corrected chi connectivity index (χ3v) is 3.87. The largest absolute Gasteiger partial charge is 0.461 e. The maximum absolute atomic E-state index is 12.3. The van der Waals surface area contributed by atoms with Gasteiger partial charge in [0.1, 0.15) is 11.3 Å². The summed E-state index contributed by atoms with van der Waals surface area (Å²) in [6.45, 7) is 8.46. The van der Waals surface area contributed by atoms with Crippen molar-refractivity contribution in [2.45, 2.75) is 46.4 Å². The summed E-state index contributed by atoms with van der Waals surface area (Å²) in [5.41, 5.74) is 2.82. The lowest BCUT2D eigenvalue weighted by atomic mass is 10.0. The van der Waals surface area contributed by atoms with Crippen LogP contribution in [0, 0.1) is 0 Å². The number of benzene rings is 1. The molecule has 2 heterocycles. The van der Waals surface area contributed by atoms with Crippen molar-refractivity contribution in [2.75, 3.05) is 6.61 Å². The van der Waals surface area contributed by atoms with Crippen molar-refractivity contribution in [3.8, 4) is 11.3 Å². The summed E-state index contributed by atoms with van der Waals surface area (Å²) in [6.07, 6.45) is -0.344. The second-order valence-corrected chi connectivity index (χ2v) is 7.06. The Hall–Kier alpha value is -2.90. The van der Waals surface area contributed by atoms with Crippen LogP contribution in [0.25, 0.3) is 11.3 Å². The quantitative estimate of drug-likeness (QED) is 0.847. The summed E-state index contributed by atoms with van der Waals surface area (Å²) >= 11 is 0. The zero-order valence-electron chi connectivity index (χ0n) is 15.3. The average Bonchev–Trinajstić information content (AvgIpc) is 3.19. The number of H-pyrrole nitrogens is 1. The highest BCUT2D eigenvalue weighted by molar-refractivity contribution is 5.94. The van der Waals surface area contributed by atoms with Gasteiger partial charge >= 0.3 is 12.1 Å². The van der Waals surface area contributed by atoms with E-state index in [1.54, 1.807) is 11.8 Å². The minimum absolute atomic E-state index is 0.147. The fraction of sp³-hybridized carbons (Fsp3) is 0.444. The normalized spacial score (nSPS) is 13.5. The molecule has 138 valence electrons. The Kier molecular flexibility index (Phi) is 4.67. The molecule has 0 unspecified atom stereocenters. The summed E-state index contributed by atoms with van der Waals surface area (Å²) < 4.78 is 10.4. The lowest BCUT2D eigenvalue weighted by Crippen LogP contribution is -2.33. The first-order valence-corrected chi connectivity index (χ1v) is 8.46. The molecule has 1 aromatic heterocycles. The first-order chi connectivity index (χ1) is 12.3. The van der Waals surface area contributed by atoms with E-state index in [2.05, 4.69) is 15.4 Å². The van der Waals surface area contributed by atoms with Gasteiger partial charge in [-0.1, -0.05) is 12.1 Å². The van der Waals surface area contributed by atoms with Crippen LogP contribution >= 0.6 is 0 Å². The SMILES string of the molecule is CCOC(=O)c1n[nH]nc1-c1ccc2c(c1)CN(C(=O)OC(C)(C)C)C2. The number of esters is 1. The molecule has 0 saturated heterocycles.